The van der Waals surface area contributed by atoms with Gasteiger partial charge in [-0.3, -0.25) is 14.4 Å². The van der Waals surface area contributed by atoms with Gasteiger partial charge in [0.2, 0.25) is 0 Å². The van der Waals surface area contributed by atoms with Crippen LogP contribution in [0.3, 0.4) is 0 Å². The number of methoxy groups -OCH3 is 2. The Balaban J connectivity index is 0.000000378. The van der Waals surface area contributed by atoms with Gasteiger partial charge in [-0.15, -0.1) is 0 Å². The van der Waals surface area contributed by atoms with Crippen LogP contribution in [0.5, 0.6) is 11.5 Å². The zero-order valence-corrected chi connectivity index (χ0v) is 23.2. The number of likely N-dealkylation sites (tertiary alicyclic amines) is 1. The molecule has 1 saturated heterocycles. The average molecular weight is 577 g/mol. The Morgan fingerprint density at radius 1 is 1.18 bits per heavy atom. The minimum absolute atomic E-state index is 0.00766. The van der Waals surface area contributed by atoms with Crippen molar-refractivity contribution in [3.05, 3.63) is 57.2 Å². The van der Waals surface area contributed by atoms with Crippen molar-refractivity contribution in [2.45, 2.75) is 37.3 Å². The van der Waals surface area contributed by atoms with E-state index in [-0.39, 0.29) is 36.8 Å². The van der Waals surface area contributed by atoms with Crippen molar-refractivity contribution in [3.8, 4) is 22.8 Å². The molecule has 0 unspecified atom stereocenters. The van der Waals surface area contributed by atoms with Crippen molar-refractivity contribution in [3.63, 3.8) is 0 Å². The minimum Gasteiger partial charge on any atom is -0.496 e. The van der Waals surface area contributed by atoms with Crippen LogP contribution in [0.2, 0.25) is 5.02 Å². The second kappa shape index (κ2) is 13.6. The first kappa shape index (κ1) is 30.9. The molecular weight excluding hydrogens is 544 g/mol. The molecule has 5 N–H and O–H groups in total. The number of carbonyl (C=O) groups is 2. The fraction of sp³-hybridized carbons (Fsp3) is 0.393. The molecule has 0 spiro atoms. The molecule has 0 saturated carbocycles. The SMILES string of the molecule is COc1cc(OC)c2c(=O)cc(-c3ccccc3Cl)oc2c1[C@H]1CCN(C)[C@@H]1CO.N[C@@H](CCC(=O)O)C(=O)O. The molecule has 1 aromatic heterocycles. The number of fused-ring (bicyclic) bond motifs is 1. The number of hydrogen-bond acceptors (Lipinski definition) is 9. The topological polar surface area (TPSA) is 173 Å². The number of likely N-dealkylation sites (N-methyl/N-ethyl adjacent to an activating group) is 1. The molecule has 3 atom stereocenters. The van der Waals surface area contributed by atoms with Crippen molar-refractivity contribution >= 4 is 34.5 Å². The van der Waals surface area contributed by atoms with E-state index in [4.69, 9.17) is 41.4 Å². The summed E-state index contributed by atoms with van der Waals surface area (Å²) >= 11 is 6.36. The van der Waals surface area contributed by atoms with Crippen LogP contribution < -0.4 is 20.6 Å². The summed E-state index contributed by atoms with van der Waals surface area (Å²) in [6.45, 7) is 0.813. The summed E-state index contributed by atoms with van der Waals surface area (Å²) in [5, 5.41) is 27.1. The maximum absolute atomic E-state index is 13.2. The molecule has 11 nitrogen and oxygen atoms in total. The molecule has 0 amide bonds. The smallest absolute Gasteiger partial charge is 0.320 e. The van der Waals surface area contributed by atoms with Crippen LogP contribution in [0.15, 0.2) is 45.6 Å². The maximum Gasteiger partial charge on any atom is 0.320 e. The van der Waals surface area contributed by atoms with Gasteiger partial charge in [0.15, 0.2) is 5.43 Å². The Kier molecular flexibility index (Phi) is 10.5. The number of carboxylic acid groups (broad SMARTS) is 2. The van der Waals surface area contributed by atoms with Crippen molar-refractivity contribution in [2.24, 2.45) is 5.73 Å². The highest BCUT2D eigenvalue weighted by atomic mass is 35.5. The Bertz CT molecular complexity index is 1420. The number of rotatable bonds is 9. The monoisotopic (exact) mass is 576 g/mol. The van der Waals surface area contributed by atoms with E-state index in [1.807, 2.05) is 25.2 Å². The number of nitrogens with zero attached hydrogens (tertiary/aromatic N) is 1. The van der Waals surface area contributed by atoms with E-state index in [1.54, 1.807) is 19.2 Å². The molecule has 0 radical (unpaired) electrons. The highest BCUT2D eigenvalue weighted by Gasteiger charge is 2.37. The summed E-state index contributed by atoms with van der Waals surface area (Å²) in [5.74, 6) is -0.929. The number of carboxylic acids is 2. The van der Waals surface area contributed by atoms with E-state index in [1.165, 1.54) is 13.2 Å². The van der Waals surface area contributed by atoms with Gasteiger partial charge in [0.05, 0.1) is 25.8 Å². The summed E-state index contributed by atoms with van der Waals surface area (Å²) in [6, 6.07) is 9.21. The van der Waals surface area contributed by atoms with E-state index in [0.717, 1.165) is 18.5 Å². The highest BCUT2D eigenvalue weighted by Crippen LogP contribution is 2.45. The van der Waals surface area contributed by atoms with Crippen molar-refractivity contribution < 1.29 is 38.8 Å². The lowest BCUT2D eigenvalue weighted by molar-refractivity contribution is -0.139. The van der Waals surface area contributed by atoms with Gasteiger partial charge < -0.3 is 39.8 Å². The van der Waals surface area contributed by atoms with Gasteiger partial charge in [0.25, 0.3) is 0 Å². The molecular formula is C28H33ClN2O9. The standard InChI is InChI=1S/C23H24ClNO5.C5H9NO4/c1-25-9-8-14(16(25)12-26)21-19(28-2)11-20(29-3)22-17(27)10-18(30-23(21)22)13-6-4-5-7-15(13)24;6-3(5(9)10)1-2-4(7)8/h4-7,10-11,14,16,26H,8-9,12H2,1-3H3;3H,1-2,6H2,(H,7,8)(H,9,10)/t14-,16+;3-/m00/s1. The van der Waals surface area contributed by atoms with E-state index in [2.05, 4.69) is 4.90 Å². The Hall–Kier alpha value is -3.64. The first-order valence-electron chi connectivity index (χ1n) is 12.5. The third-order valence-corrected chi connectivity index (χ3v) is 7.24. The van der Waals surface area contributed by atoms with Crippen LogP contribution in [0.4, 0.5) is 0 Å². The Labute approximate surface area is 235 Å². The van der Waals surface area contributed by atoms with E-state index in [0.29, 0.717) is 38.8 Å². The summed E-state index contributed by atoms with van der Waals surface area (Å²) < 4.78 is 17.5. The van der Waals surface area contributed by atoms with Crippen LogP contribution >= 0.6 is 11.6 Å². The van der Waals surface area contributed by atoms with Crippen molar-refractivity contribution in [1.29, 1.82) is 0 Å². The van der Waals surface area contributed by atoms with Crippen LogP contribution in [0.1, 0.15) is 30.7 Å². The molecule has 1 aliphatic rings. The minimum atomic E-state index is -1.17. The fourth-order valence-corrected chi connectivity index (χ4v) is 5.01. The molecule has 12 heteroatoms. The summed E-state index contributed by atoms with van der Waals surface area (Å²) in [4.78, 5) is 35.1. The van der Waals surface area contributed by atoms with Gasteiger partial charge in [-0.2, -0.15) is 0 Å². The lowest BCUT2D eigenvalue weighted by atomic mass is 9.89. The number of ether oxygens (including phenoxy) is 2. The number of benzene rings is 2. The number of nitrogens with two attached hydrogens (primary N) is 1. The number of aliphatic carboxylic acids is 2. The number of hydrogen-bond donors (Lipinski definition) is 4. The van der Waals surface area contributed by atoms with Gasteiger partial charge in [-0.1, -0.05) is 23.7 Å². The molecule has 3 aromatic rings. The third kappa shape index (κ3) is 6.73. The van der Waals surface area contributed by atoms with Gasteiger partial charge in [0, 0.05) is 41.6 Å². The predicted octanol–water partition coefficient (Wildman–Crippen LogP) is 3.17. The zero-order valence-electron chi connectivity index (χ0n) is 22.4. The largest absolute Gasteiger partial charge is 0.496 e. The average Bonchev–Trinajstić information content (AvgIpc) is 3.30. The molecule has 4 rings (SSSR count). The number of halogens is 1. The first-order valence-corrected chi connectivity index (χ1v) is 12.9. The molecule has 2 aromatic carbocycles. The summed E-state index contributed by atoms with van der Waals surface area (Å²) in [5.41, 5.74) is 6.59. The van der Waals surface area contributed by atoms with Crippen molar-refractivity contribution in [1.82, 2.24) is 4.90 Å². The molecule has 0 bridgehead atoms. The molecule has 1 fully saturated rings. The van der Waals surface area contributed by atoms with Crippen LogP contribution in [-0.2, 0) is 9.59 Å². The second-order valence-electron chi connectivity index (χ2n) is 9.36. The maximum atomic E-state index is 13.2. The number of aliphatic hydroxyl groups excluding tert-OH is 1. The molecule has 216 valence electrons. The highest BCUT2D eigenvalue weighted by molar-refractivity contribution is 6.33. The van der Waals surface area contributed by atoms with Gasteiger partial charge in [-0.05, 0) is 38.6 Å². The van der Waals surface area contributed by atoms with Crippen molar-refractivity contribution in [2.75, 3.05) is 34.4 Å². The second-order valence-corrected chi connectivity index (χ2v) is 9.76. The fourth-order valence-electron chi connectivity index (χ4n) is 4.79. The van der Waals surface area contributed by atoms with E-state index >= 15 is 0 Å². The van der Waals surface area contributed by atoms with Crippen LogP contribution in [0, 0.1) is 0 Å². The quantitative estimate of drug-likeness (QED) is 0.294. The lowest BCUT2D eigenvalue weighted by Gasteiger charge is -2.25. The van der Waals surface area contributed by atoms with Gasteiger partial charge in [-0.25, -0.2) is 0 Å². The summed E-state index contributed by atoms with van der Waals surface area (Å²) in [7, 11) is 5.06. The first-order chi connectivity index (χ1) is 19.0. The van der Waals surface area contributed by atoms with Gasteiger partial charge >= 0.3 is 11.9 Å². The predicted molar refractivity (Wildman–Crippen MR) is 149 cm³/mol. The molecule has 2 heterocycles. The van der Waals surface area contributed by atoms with E-state index < -0.39 is 18.0 Å². The Morgan fingerprint density at radius 2 is 1.85 bits per heavy atom. The molecule has 0 aliphatic carbocycles. The molecule has 40 heavy (non-hydrogen) atoms. The summed E-state index contributed by atoms with van der Waals surface area (Å²) in [6.07, 6.45) is 0.581. The number of aliphatic hydroxyl groups is 1. The third-order valence-electron chi connectivity index (χ3n) is 6.91. The van der Waals surface area contributed by atoms with Crippen LogP contribution in [-0.4, -0.2) is 78.7 Å². The van der Waals surface area contributed by atoms with Gasteiger partial charge in [0.1, 0.15) is 34.3 Å². The normalized spacial score (nSPS) is 17.6. The Morgan fingerprint density at radius 3 is 2.42 bits per heavy atom. The van der Waals surface area contributed by atoms with E-state index in [9.17, 15) is 19.5 Å². The molecule has 1 aliphatic heterocycles. The van der Waals surface area contributed by atoms with Crippen LogP contribution in [0.25, 0.3) is 22.3 Å². The lowest BCUT2D eigenvalue weighted by Crippen LogP contribution is -2.32. The zero-order chi connectivity index (χ0) is 29.6.